The maximum atomic E-state index is 13.4. The van der Waals surface area contributed by atoms with Crippen molar-refractivity contribution >= 4 is 11.7 Å². The van der Waals surface area contributed by atoms with Gasteiger partial charge in [0, 0.05) is 11.6 Å². The van der Waals surface area contributed by atoms with E-state index in [1.165, 1.54) is 6.07 Å². The lowest BCUT2D eigenvalue weighted by molar-refractivity contribution is -0.146. The van der Waals surface area contributed by atoms with Crippen LogP contribution in [0.25, 0.3) is 22.5 Å². The van der Waals surface area contributed by atoms with Gasteiger partial charge in [-0.25, -0.2) is 4.39 Å². The topological polar surface area (TPSA) is 64.4 Å². The summed E-state index contributed by atoms with van der Waals surface area (Å²) in [6.45, 7) is 4.34. The number of aromatic nitrogens is 1. The molecular formula is C31H31FN2O3. The molecule has 1 fully saturated rings. The molecule has 0 radical (unpaired) electrons. The highest BCUT2D eigenvalue weighted by Crippen LogP contribution is 2.49. The Morgan fingerprint density at radius 1 is 1.05 bits per heavy atom. The molecule has 1 aliphatic carbocycles. The van der Waals surface area contributed by atoms with Gasteiger partial charge in [-0.05, 0) is 73.9 Å². The number of benzene rings is 3. The van der Waals surface area contributed by atoms with Gasteiger partial charge in [0.05, 0.1) is 18.2 Å². The van der Waals surface area contributed by atoms with Crippen LogP contribution in [0.3, 0.4) is 0 Å². The molecule has 0 spiro atoms. The van der Waals surface area contributed by atoms with E-state index in [2.05, 4.69) is 41.7 Å². The van der Waals surface area contributed by atoms with E-state index in [-0.39, 0.29) is 17.8 Å². The minimum Gasteiger partial charge on any atom is -0.465 e. The van der Waals surface area contributed by atoms with Crippen LogP contribution in [-0.2, 0) is 21.4 Å². The molecule has 1 aromatic heterocycles. The predicted octanol–water partition coefficient (Wildman–Crippen LogP) is 7.18. The summed E-state index contributed by atoms with van der Waals surface area (Å²) >= 11 is 0. The summed E-state index contributed by atoms with van der Waals surface area (Å²) in [5.41, 5.74) is 5.47. The van der Waals surface area contributed by atoms with E-state index in [0.29, 0.717) is 12.4 Å². The van der Waals surface area contributed by atoms with Crippen LogP contribution < -0.4 is 5.32 Å². The second-order valence-corrected chi connectivity index (χ2v) is 9.74. The van der Waals surface area contributed by atoms with Crippen molar-refractivity contribution in [3.05, 3.63) is 95.9 Å². The maximum Gasteiger partial charge on any atom is 0.316 e. The van der Waals surface area contributed by atoms with Gasteiger partial charge in [0.15, 0.2) is 5.76 Å². The van der Waals surface area contributed by atoms with E-state index in [0.717, 1.165) is 59.2 Å². The molecule has 1 aliphatic rings. The average molecular weight is 499 g/mol. The van der Waals surface area contributed by atoms with Crippen LogP contribution in [0.15, 0.2) is 83.5 Å². The molecule has 0 amide bonds. The fourth-order valence-corrected chi connectivity index (χ4v) is 4.76. The Kier molecular flexibility index (Phi) is 7.08. The molecule has 1 saturated carbocycles. The zero-order chi connectivity index (χ0) is 25.8. The number of ether oxygens (including phenoxy) is 1. The maximum absolute atomic E-state index is 13.4. The van der Waals surface area contributed by atoms with Crippen molar-refractivity contribution in [2.45, 2.75) is 51.0 Å². The van der Waals surface area contributed by atoms with Crippen LogP contribution in [0.5, 0.6) is 0 Å². The Labute approximate surface area is 216 Å². The average Bonchev–Trinajstić information content (AvgIpc) is 3.61. The van der Waals surface area contributed by atoms with Crippen LogP contribution in [-0.4, -0.2) is 23.8 Å². The summed E-state index contributed by atoms with van der Waals surface area (Å²) in [6.07, 6.45) is 5.01. The standard InChI is InChI=1S/C31H31FN2O3/c1-3-36-30(35)31(17-18-31)26-15-13-24(14-16-26)23-9-11-25(12-10-23)29-28(20-33-37-29)34-21(2)7-8-22-5-4-6-27(32)19-22/h4-6,9-16,19-21,34H,3,7-8,17-18H2,1-2H3. The molecule has 1 heterocycles. The molecule has 1 N–H and O–H groups in total. The number of hydrogen-bond acceptors (Lipinski definition) is 5. The number of hydrogen-bond donors (Lipinski definition) is 1. The number of anilines is 1. The number of nitrogens with zero attached hydrogens (tertiary/aromatic N) is 1. The van der Waals surface area contributed by atoms with Gasteiger partial charge < -0.3 is 14.6 Å². The molecule has 37 heavy (non-hydrogen) atoms. The van der Waals surface area contributed by atoms with Crippen molar-refractivity contribution in [1.82, 2.24) is 5.16 Å². The fraction of sp³-hybridized carbons (Fsp3) is 0.290. The fourth-order valence-electron chi connectivity index (χ4n) is 4.76. The number of esters is 1. The van der Waals surface area contributed by atoms with Crippen molar-refractivity contribution in [1.29, 1.82) is 0 Å². The SMILES string of the molecule is CCOC(=O)C1(c2ccc(-c3ccc(-c4oncc4NC(C)CCc4cccc(F)c4)cc3)cc2)CC1. The Bertz CT molecular complexity index is 1360. The molecule has 5 rings (SSSR count). The summed E-state index contributed by atoms with van der Waals surface area (Å²) in [6, 6.07) is 23.2. The quantitative estimate of drug-likeness (QED) is 0.235. The van der Waals surface area contributed by atoms with Gasteiger partial charge in [-0.15, -0.1) is 0 Å². The largest absolute Gasteiger partial charge is 0.465 e. The van der Waals surface area contributed by atoms with E-state index < -0.39 is 5.41 Å². The summed E-state index contributed by atoms with van der Waals surface area (Å²) < 4.78 is 24.3. The third-order valence-corrected chi connectivity index (χ3v) is 7.06. The summed E-state index contributed by atoms with van der Waals surface area (Å²) in [7, 11) is 0. The van der Waals surface area contributed by atoms with Crippen molar-refractivity contribution in [3.63, 3.8) is 0 Å². The lowest BCUT2D eigenvalue weighted by atomic mass is 9.93. The third kappa shape index (κ3) is 5.43. The highest BCUT2D eigenvalue weighted by atomic mass is 19.1. The van der Waals surface area contributed by atoms with Crippen LogP contribution in [0.2, 0.25) is 0 Å². The second kappa shape index (κ2) is 10.6. The molecule has 0 bridgehead atoms. The monoisotopic (exact) mass is 498 g/mol. The van der Waals surface area contributed by atoms with Crippen LogP contribution in [0.4, 0.5) is 10.1 Å². The second-order valence-electron chi connectivity index (χ2n) is 9.74. The number of aryl methyl sites for hydroxylation is 1. The van der Waals surface area contributed by atoms with E-state index in [4.69, 9.17) is 9.26 Å². The molecule has 190 valence electrons. The molecule has 0 aliphatic heterocycles. The first-order valence-electron chi connectivity index (χ1n) is 12.8. The van der Waals surface area contributed by atoms with E-state index in [9.17, 15) is 9.18 Å². The van der Waals surface area contributed by atoms with Gasteiger partial charge in [-0.3, -0.25) is 4.79 Å². The minimum absolute atomic E-state index is 0.119. The highest BCUT2D eigenvalue weighted by Gasteiger charge is 2.52. The Hall–Kier alpha value is -3.93. The first-order chi connectivity index (χ1) is 18.0. The van der Waals surface area contributed by atoms with Gasteiger partial charge >= 0.3 is 5.97 Å². The van der Waals surface area contributed by atoms with Gasteiger partial charge in [-0.1, -0.05) is 65.8 Å². The molecular weight excluding hydrogens is 467 g/mol. The smallest absolute Gasteiger partial charge is 0.316 e. The van der Waals surface area contributed by atoms with Gasteiger partial charge in [-0.2, -0.15) is 0 Å². The molecule has 4 aromatic rings. The summed E-state index contributed by atoms with van der Waals surface area (Å²) in [4.78, 5) is 12.4. The zero-order valence-corrected chi connectivity index (χ0v) is 21.2. The normalized spacial score (nSPS) is 14.7. The third-order valence-electron chi connectivity index (χ3n) is 7.06. The lowest BCUT2D eigenvalue weighted by Gasteiger charge is -2.15. The number of halogens is 1. The predicted molar refractivity (Wildman–Crippen MR) is 143 cm³/mol. The Morgan fingerprint density at radius 2 is 1.73 bits per heavy atom. The lowest BCUT2D eigenvalue weighted by Crippen LogP contribution is -2.23. The number of carbonyl (C=O) groups is 1. The zero-order valence-electron chi connectivity index (χ0n) is 21.2. The van der Waals surface area contributed by atoms with Gasteiger partial charge in [0.1, 0.15) is 11.5 Å². The van der Waals surface area contributed by atoms with Crippen molar-refractivity contribution in [2.75, 3.05) is 11.9 Å². The Balaban J connectivity index is 1.24. The Morgan fingerprint density at radius 3 is 2.38 bits per heavy atom. The van der Waals surface area contributed by atoms with E-state index in [1.807, 2.05) is 37.3 Å². The van der Waals surface area contributed by atoms with Crippen LogP contribution in [0, 0.1) is 5.82 Å². The summed E-state index contributed by atoms with van der Waals surface area (Å²) in [5, 5.41) is 7.48. The molecule has 1 atom stereocenters. The molecule has 0 saturated heterocycles. The van der Waals surface area contributed by atoms with Gasteiger partial charge in [0.25, 0.3) is 0 Å². The number of nitrogens with one attached hydrogen (secondary N) is 1. The van der Waals surface area contributed by atoms with Crippen LogP contribution in [0.1, 0.15) is 44.2 Å². The minimum atomic E-state index is -0.456. The van der Waals surface area contributed by atoms with Crippen molar-refractivity contribution in [2.24, 2.45) is 0 Å². The highest BCUT2D eigenvalue weighted by molar-refractivity contribution is 5.87. The van der Waals surface area contributed by atoms with Gasteiger partial charge in [0.2, 0.25) is 0 Å². The summed E-state index contributed by atoms with van der Waals surface area (Å²) in [5.74, 6) is 0.360. The van der Waals surface area contributed by atoms with Crippen molar-refractivity contribution < 1.29 is 18.4 Å². The molecule has 3 aromatic carbocycles. The number of carbonyl (C=O) groups excluding carboxylic acids is 1. The molecule has 1 unspecified atom stereocenters. The first-order valence-corrected chi connectivity index (χ1v) is 12.8. The molecule has 5 nitrogen and oxygen atoms in total. The van der Waals surface area contributed by atoms with E-state index >= 15 is 0 Å². The van der Waals surface area contributed by atoms with Crippen molar-refractivity contribution in [3.8, 4) is 22.5 Å². The van der Waals surface area contributed by atoms with Crippen LogP contribution >= 0.6 is 0 Å². The number of rotatable bonds is 10. The molecule has 6 heteroatoms. The first kappa shape index (κ1) is 24.8. The van der Waals surface area contributed by atoms with E-state index in [1.54, 1.807) is 18.3 Å².